The predicted molar refractivity (Wildman–Crippen MR) is 61.8 cm³/mol. The number of hydrogen-bond acceptors (Lipinski definition) is 2. The van der Waals surface area contributed by atoms with Crippen LogP contribution in [0.3, 0.4) is 0 Å². The Labute approximate surface area is 99.7 Å². The van der Waals surface area contributed by atoms with Crippen LogP contribution < -0.4 is 0 Å². The Morgan fingerprint density at radius 2 is 2.36 bits per heavy atom. The molecule has 0 saturated heterocycles. The van der Waals surface area contributed by atoms with E-state index in [2.05, 4.69) is 31.9 Å². The molecule has 1 amide bonds. The third kappa shape index (κ3) is 2.60. The Morgan fingerprint density at radius 1 is 1.64 bits per heavy atom. The molecule has 0 aromatic carbocycles. The van der Waals surface area contributed by atoms with Gasteiger partial charge in [-0.15, -0.1) is 0 Å². The second kappa shape index (κ2) is 5.56. The molecule has 1 rings (SSSR count). The van der Waals surface area contributed by atoms with Crippen LogP contribution >= 0.6 is 31.9 Å². The van der Waals surface area contributed by atoms with E-state index in [-0.39, 0.29) is 5.91 Å². The highest BCUT2D eigenvalue weighted by molar-refractivity contribution is 9.10. The van der Waals surface area contributed by atoms with Crippen LogP contribution in [0.2, 0.25) is 0 Å². The second-order valence-electron chi connectivity index (χ2n) is 2.68. The molecule has 1 aromatic rings. The van der Waals surface area contributed by atoms with Gasteiger partial charge in [0.1, 0.15) is 0 Å². The van der Waals surface area contributed by atoms with Gasteiger partial charge in [0.05, 0.1) is 11.8 Å². The number of carbonyl (C=O) groups is 1. The van der Waals surface area contributed by atoms with E-state index in [0.29, 0.717) is 23.3 Å². The fourth-order valence-corrected chi connectivity index (χ4v) is 1.96. The molecule has 0 aliphatic carbocycles. The fourth-order valence-electron chi connectivity index (χ4n) is 1.12. The van der Waals surface area contributed by atoms with Gasteiger partial charge < -0.3 is 9.32 Å². The van der Waals surface area contributed by atoms with Gasteiger partial charge in [0, 0.05) is 18.4 Å². The van der Waals surface area contributed by atoms with Crippen LogP contribution in [-0.4, -0.2) is 29.2 Å². The number of hydrogen-bond donors (Lipinski definition) is 0. The maximum atomic E-state index is 11.9. The summed E-state index contributed by atoms with van der Waals surface area (Å²) in [7, 11) is 0. The third-order valence-electron chi connectivity index (χ3n) is 1.87. The number of amides is 1. The van der Waals surface area contributed by atoms with Crippen molar-refractivity contribution in [1.82, 2.24) is 4.90 Å². The zero-order valence-electron chi connectivity index (χ0n) is 7.80. The lowest BCUT2D eigenvalue weighted by molar-refractivity contribution is 0.0773. The molecule has 14 heavy (non-hydrogen) atoms. The number of alkyl halides is 1. The standard InChI is InChI=1S/C9H11Br2NO2/c1-2-12(5-4-10)9(13)7-3-6-14-8(7)11/h3,6H,2,4-5H2,1H3. The van der Waals surface area contributed by atoms with E-state index in [9.17, 15) is 4.79 Å². The first-order chi connectivity index (χ1) is 6.70. The van der Waals surface area contributed by atoms with Crippen molar-refractivity contribution in [2.75, 3.05) is 18.4 Å². The van der Waals surface area contributed by atoms with Crippen LogP contribution in [0.4, 0.5) is 0 Å². The maximum absolute atomic E-state index is 11.9. The highest BCUT2D eigenvalue weighted by Crippen LogP contribution is 2.19. The molecule has 3 nitrogen and oxygen atoms in total. The van der Waals surface area contributed by atoms with Gasteiger partial charge in [-0.3, -0.25) is 4.79 Å². The van der Waals surface area contributed by atoms with E-state index in [1.807, 2.05) is 6.92 Å². The largest absolute Gasteiger partial charge is 0.457 e. The lowest BCUT2D eigenvalue weighted by atomic mass is 10.3. The summed E-state index contributed by atoms with van der Waals surface area (Å²) in [5.41, 5.74) is 0.577. The van der Waals surface area contributed by atoms with Gasteiger partial charge in [-0.25, -0.2) is 0 Å². The minimum absolute atomic E-state index is 0.00687. The van der Waals surface area contributed by atoms with Crippen molar-refractivity contribution in [2.45, 2.75) is 6.92 Å². The second-order valence-corrected chi connectivity index (χ2v) is 4.20. The van der Waals surface area contributed by atoms with Gasteiger partial charge in [0.15, 0.2) is 4.67 Å². The number of carbonyl (C=O) groups excluding carboxylic acids is 1. The van der Waals surface area contributed by atoms with Crippen molar-refractivity contribution < 1.29 is 9.21 Å². The van der Waals surface area contributed by atoms with Gasteiger partial charge >= 0.3 is 0 Å². The van der Waals surface area contributed by atoms with Crippen molar-refractivity contribution >= 4 is 37.8 Å². The molecule has 0 N–H and O–H groups in total. The summed E-state index contributed by atoms with van der Waals surface area (Å²) < 4.78 is 5.51. The summed E-state index contributed by atoms with van der Waals surface area (Å²) in [4.78, 5) is 13.6. The minimum Gasteiger partial charge on any atom is -0.457 e. The Bertz CT molecular complexity index is 312. The Balaban J connectivity index is 2.78. The van der Waals surface area contributed by atoms with E-state index in [4.69, 9.17) is 4.42 Å². The van der Waals surface area contributed by atoms with Crippen molar-refractivity contribution in [3.63, 3.8) is 0 Å². The Morgan fingerprint density at radius 3 is 2.79 bits per heavy atom. The van der Waals surface area contributed by atoms with E-state index in [0.717, 1.165) is 5.33 Å². The molecule has 0 radical (unpaired) electrons. The molecule has 1 heterocycles. The zero-order chi connectivity index (χ0) is 10.6. The maximum Gasteiger partial charge on any atom is 0.258 e. The normalized spacial score (nSPS) is 10.2. The molecule has 78 valence electrons. The van der Waals surface area contributed by atoms with Crippen molar-refractivity contribution in [3.8, 4) is 0 Å². The SMILES string of the molecule is CCN(CCBr)C(=O)c1ccoc1Br. The van der Waals surface area contributed by atoms with Gasteiger partial charge in [-0.1, -0.05) is 15.9 Å². The highest BCUT2D eigenvalue weighted by atomic mass is 79.9. The predicted octanol–water partition coefficient (Wildman–Crippen LogP) is 2.90. The monoisotopic (exact) mass is 323 g/mol. The quantitative estimate of drug-likeness (QED) is 0.798. The van der Waals surface area contributed by atoms with Gasteiger partial charge in [-0.2, -0.15) is 0 Å². The molecule has 5 heteroatoms. The number of rotatable bonds is 4. The van der Waals surface area contributed by atoms with Crippen LogP contribution in [-0.2, 0) is 0 Å². The topological polar surface area (TPSA) is 33.5 Å². The smallest absolute Gasteiger partial charge is 0.258 e. The molecule has 0 bridgehead atoms. The van der Waals surface area contributed by atoms with Crippen LogP contribution in [0.5, 0.6) is 0 Å². The molecule has 0 saturated carbocycles. The van der Waals surface area contributed by atoms with Crippen LogP contribution in [0.15, 0.2) is 21.4 Å². The molecule has 0 spiro atoms. The van der Waals surface area contributed by atoms with Crippen molar-refractivity contribution in [2.24, 2.45) is 0 Å². The van der Waals surface area contributed by atoms with Crippen LogP contribution in [0.25, 0.3) is 0 Å². The average molecular weight is 325 g/mol. The summed E-state index contributed by atoms with van der Waals surface area (Å²) in [6, 6.07) is 1.67. The first-order valence-electron chi connectivity index (χ1n) is 4.29. The molecule has 0 aliphatic heterocycles. The first kappa shape index (κ1) is 11.8. The Hall–Kier alpha value is -0.290. The molecule has 0 atom stereocenters. The lowest BCUT2D eigenvalue weighted by Crippen LogP contribution is -2.32. The van der Waals surface area contributed by atoms with E-state index >= 15 is 0 Å². The summed E-state index contributed by atoms with van der Waals surface area (Å²) in [6.07, 6.45) is 1.50. The molecular weight excluding hydrogens is 314 g/mol. The van der Waals surface area contributed by atoms with E-state index in [1.54, 1.807) is 11.0 Å². The number of halogens is 2. The molecule has 0 unspecified atom stereocenters. The third-order valence-corrected chi connectivity index (χ3v) is 2.84. The van der Waals surface area contributed by atoms with Gasteiger partial charge in [-0.05, 0) is 28.9 Å². The number of nitrogens with zero attached hydrogens (tertiary/aromatic N) is 1. The summed E-state index contributed by atoms with van der Waals surface area (Å²) in [6.45, 7) is 3.35. The van der Waals surface area contributed by atoms with Crippen molar-refractivity contribution in [3.05, 3.63) is 22.6 Å². The minimum atomic E-state index is -0.00687. The lowest BCUT2D eigenvalue weighted by Gasteiger charge is -2.18. The highest BCUT2D eigenvalue weighted by Gasteiger charge is 2.17. The molecule has 1 aromatic heterocycles. The van der Waals surface area contributed by atoms with Gasteiger partial charge in [0.2, 0.25) is 0 Å². The van der Waals surface area contributed by atoms with E-state index in [1.165, 1.54) is 6.26 Å². The zero-order valence-corrected chi connectivity index (χ0v) is 11.0. The van der Waals surface area contributed by atoms with E-state index < -0.39 is 0 Å². The van der Waals surface area contributed by atoms with Crippen molar-refractivity contribution in [1.29, 1.82) is 0 Å². The average Bonchev–Trinajstić information content (AvgIpc) is 2.59. The van der Waals surface area contributed by atoms with Gasteiger partial charge in [0.25, 0.3) is 5.91 Å². The summed E-state index contributed by atoms with van der Waals surface area (Å²) in [5, 5.41) is 0.780. The first-order valence-corrected chi connectivity index (χ1v) is 6.20. The fraction of sp³-hybridized carbons (Fsp3) is 0.444. The molecule has 0 aliphatic rings. The van der Waals surface area contributed by atoms with Crippen LogP contribution in [0.1, 0.15) is 17.3 Å². The Kier molecular flexibility index (Phi) is 4.68. The van der Waals surface area contributed by atoms with Crippen LogP contribution in [0, 0.1) is 0 Å². The molecular formula is C9H11Br2NO2. The summed E-state index contributed by atoms with van der Waals surface area (Å²) >= 11 is 6.50. The number of furan rings is 1. The summed E-state index contributed by atoms with van der Waals surface area (Å²) in [5.74, 6) is -0.00687. The molecule has 0 fully saturated rings.